The van der Waals surface area contributed by atoms with Crippen LogP contribution in [0.5, 0.6) is 0 Å². The Hall–Kier alpha value is -2.41. The lowest BCUT2D eigenvalue weighted by Gasteiger charge is -2.28. The van der Waals surface area contributed by atoms with Crippen molar-refractivity contribution in [2.75, 3.05) is 6.54 Å². The lowest BCUT2D eigenvalue weighted by molar-refractivity contribution is -0.136. The molecule has 2 aliphatic rings. The zero-order valence-corrected chi connectivity index (χ0v) is 22.4. The first-order chi connectivity index (χ1) is 18.0. The van der Waals surface area contributed by atoms with Crippen LogP contribution in [0, 0.1) is 17.8 Å². The molecule has 7 nitrogen and oxygen atoms in total. The highest BCUT2D eigenvalue weighted by Crippen LogP contribution is 2.30. The summed E-state index contributed by atoms with van der Waals surface area (Å²) in [5.74, 6) is -0.396. The molecule has 0 saturated heterocycles. The first kappa shape index (κ1) is 29.2. The smallest absolute Gasteiger partial charge is 0.244 e. The number of amides is 3. The first-order valence-electron chi connectivity index (χ1n) is 14.6. The predicted octanol–water partition coefficient (Wildman–Crippen LogP) is 5.06. The van der Waals surface area contributed by atoms with Gasteiger partial charge in [-0.05, 0) is 36.7 Å². The number of hydrogen-bond acceptors (Lipinski definition) is 4. The van der Waals surface area contributed by atoms with Crippen molar-refractivity contribution in [2.24, 2.45) is 17.8 Å². The molecule has 0 aromatic heterocycles. The molecule has 2 aliphatic carbocycles. The summed E-state index contributed by atoms with van der Waals surface area (Å²) in [6.07, 6.45) is 15.9. The van der Waals surface area contributed by atoms with Gasteiger partial charge in [-0.3, -0.25) is 19.6 Å². The Kier molecular flexibility index (Phi) is 12.9. The molecular weight excluding hydrogens is 466 g/mol. The summed E-state index contributed by atoms with van der Waals surface area (Å²) in [6, 6.07) is 9.42. The third-order valence-electron chi connectivity index (χ3n) is 8.30. The maximum atomic E-state index is 13.4. The minimum absolute atomic E-state index is 0.0707. The molecule has 2 saturated carbocycles. The number of carbonyl (C=O) groups is 3. The van der Waals surface area contributed by atoms with Crippen LogP contribution in [-0.2, 0) is 20.8 Å². The van der Waals surface area contributed by atoms with Crippen LogP contribution in [0.25, 0.3) is 0 Å². The van der Waals surface area contributed by atoms with Gasteiger partial charge in [0.25, 0.3) is 0 Å². The average Bonchev–Trinajstić information content (AvgIpc) is 2.93. The van der Waals surface area contributed by atoms with E-state index < -0.39 is 17.9 Å². The zero-order valence-electron chi connectivity index (χ0n) is 22.4. The molecule has 3 amide bonds. The second-order valence-corrected chi connectivity index (χ2v) is 11.2. The Balaban J connectivity index is 1.58. The average molecular weight is 514 g/mol. The van der Waals surface area contributed by atoms with Crippen LogP contribution in [0.4, 0.5) is 0 Å². The standard InChI is InChI=1S/C30H47N3O4/c34-28(33-37)22-26(18-10-17-23-11-4-1-5-12-23)29(35)32-27(21-25-15-8-3-9-16-25)30(36)31-20-19-24-13-6-2-7-14-24/h2,6-7,13-14,23,25-27,37H,1,3-5,8-12,15-22H2,(H,31,36)(H,32,35)(H,33,34)/t26-,27+/m1/s1. The fourth-order valence-electron chi connectivity index (χ4n) is 6.10. The van der Waals surface area contributed by atoms with Crippen LogP contribution < -0.4 is 16.1 Å². The lowest BCUT2D eigenvalue weighted by atomic mass is 9.83. The highest BCUT2D eigenvalue weighted by Gasteiger charge is 2.29. The number of benzene rings is 1. The summed E-state index contributed by atoms with van der Waals surface area (Å²) >= 11 is 0. The van der Waals surface area contributed by atoms with Gasteiger partial charge in [-0.2, -0.15) is 0 Å². The molecule has 1 aromatic rings. The molecule has 3 rings (SSSR count). The van der Waals surface area contributed by atoms with Crippen molar-refractivity contribution in [1.82, 2.24) is 16.1 Å². The molecule has 2 fully saturated rings. The Labute approximate surface area is 222 Å². The molecule has 7 heteroatoms. The number of hydroxylamine groups is 1. The molecule has 37 heavy (non-hydrogen) atoms. The van der Waals surface area contributed by atoms with Gasteiger partial charge in [-0.15, -0.1) is 0 Å². The SMILES string of the molecule is O=C(C[C@@H](CCCC1CCCCC1)C(=O)N[C@@H](CC1CCCCC1)C(=O)NCCc1ccccc1)NO. The maximum absolute atomic E-state index is 13.4. The van der Waals surface area contributed by atoms with E-state index in [1.54, 1.807) is 5.48 Å². The molecule has 2 atom stereocenters. The molecule has 0 aliphatic heterocycles. The van der Waals surface area contributed by atoms with Gasteiger partial charge in [0, 0.05) is 18.9 Å². The third kappa shape index (κ3) is 10.8. The summed E-state index contributed by atoms with van der Waals surface area (Å²) in [4.78, 5) is 38.6. The monoisotopic (exact) mass is 513 g/mol. The number of nitrogens with one attached hydrogen (secondary N) is 3. The van der Waals surface area contributed by atoms with E-state index in [0.717, 1.165) is 37.7 Å². The fraction of sp³-hybridized carbons (Fsp3) is 0.700. The highest BCUT2D eigenvalue weighted by atomic mass is 16.5. The largest absolute Gasteiger partial charge is 0.354 e. The van der Waals surface area contributed by atoms with Gasteiger partial charge in [0.05, 0.1) is 0 Å². The molecule has 4 N–H and O–H groups in total. The van der Waals surface area contributed by atoms with Crippen molar-refractivity contribution in [3.63, 3.8) is 0 Å². The number of carbonyl (C=O) groups excluding carboxylic acids is 3. The summed E-state index contributed by atoms with van der Waals surface area (Å²) in [6.45, 7) is 0.512. The van der Waals surface area contributed by atoms with E-state index in [1.165, 1.54) is 51.4 Å². The van der Waals surface area contributed by atoms with Gasteiger partial charge >= 0.3 is 0 Å². The third-order valence-corrected chi connectivity index (χ3v) is 8.30. The maximum Gasteiger partial charge on any atom is 0.244 e. The Morgan fingerprint density at radius 1 is 0.865 bits per heavy atom. The van der Waals surface area contributed by atoms with Crippen molar-refractivity contribution >= 4 is 17.7 Å². The van der Waals surface area contributed by atoms with Crippen LogP contribution in [0.2, 0.25) is 0 Å². The van der Waals surface area contributed by atoms with Crippen molar-refractivity contribution in [2.45, 2.75) is 109 Å². The Bertz CT molecular complexity index is 819. The molecule has 0 unspecified atom stereocenters. The normalized spacial score (nSPS) is 18.5. The molecule has 0 heterocycles. The molecule has 0 radical (unpaired) electrons. The van der Waals surface area contributed by atoms with Crippen molar-refractivity contribution in [3.05, 3.63) is 35.9 Å². The van der Waals surface area contributed by atoms with Crippen LogP contribution in [-0.4, -0.2) is 35.5 Å². The minimum Gasteiger partial charge on any atom is -0.354 e. The minimum atomic E-state index is -0.607. The van der Waals surface area contributed by atoms with E-state index in [9.17, 15) is 14.4 Å². The Morgan fingerprint density at radius 2 is 1.51 bits per heavy atom. The van der Waals surface area contributed by atoms with E-state index in [0.29, 0.717) is 31.2 Å². The van der Waals surface area contributed by atoms with E-state index in [1.807, 2.05) is 30.3 Å². The van der Waals surface area contributed by atoms with Gasteiger partial charge in [0.2, 0.25) is 17.7 Å². The van der Waals surface area contributed by atoms with E-state index in [2.05, 4.69) is 10.6 Å². The Morgan fingerprint density at radius 3 is 2.16 bits per heavy atom. The predicted molar refractivity (Wildman–Crippen MR) is 145 cm³/mol. The molecule has 0 spiro atoms. The topological polar surface area (TPSA) is 108 Å². The van der Waals surface area contributed by atoms with Gasteiger partial charge in [0.15, 0.2) is 0 Å². The van der Waals surface area contributed by atoms with E-state index in [-0.39, 0.29) is 18.2 Å². The van der Waals surface area contributed by atoms with Crippen molar-refractivity contribution in [3.8, 4) is 0 Å². The number of hydrogen-bond donors (Lipinski definition) is 4. The van der Waals surface area contributed by atoms with Crippen LogP contribution in [0.1, 0.15) is 102 Å². The lowest BCUT2D eigenvalue weighted by Crippen LogP contribution is -2.50. The van der Waals surface area contributed by atoms with Gasteiger partial charge < -0.3 is 10.6 Å². The first-order valence-corrected chi connectivity index (χ1v) is 14.6. The fourth-order valence-corrected chi connectivity index (χ4v) is 6.10. The van der Waals surface area contributed by atoms with Crippen LogP contribution >= 0.6 is 0 Å². The number of rotatable bonds is 14. The molecule has 206 valence electrons. The van der Waals surface area contributed by atoms with E-state index >= 15 is 0 Å². The second kappa shape index (κ2) is 16.4. The van der Waals surface area contributed by atoms with Gasteiger partial charge in [-0.1, -0.05) is 107 Å². The second-order valence-electron chi connectivity index (χ2n) is 11.2. The zero-order chi connectivity index (χ0) is 26.3. The molecule has 0 bridgehead atoms. The summed E-state index contributed by atoms with van der Waals surface area (Å²) in [5.41, 5.74) is 2.83. The van der Waals surface area contributed by atoms with Crippen LogP contribution in [0.15, 0.2) is 30.3 Å². The van der Waals surface area contributed by atoms with Crippen LogP contribution in [0.3, 0.4) is 0 Å². The van der Waals surface area contributed by atoms with Crippen molar-refractivity contribution in [1.29, 1.82) is 0 Å². The van der Waals surface area contributed by atoms with Crippen molar-refractivity contribution < 1.29 is 19.6 Å². The highest BCUT2D eigenvalue weighted by molar-refractivity contribution is 5.90. The van der Waals surface area contributed by atoms with E-state index in [4.69, 9.17) is 5.21 Å². The van der Waals surface area contributed by atoms with Gasteiger partial charge in [0.1, 0.15) is 6.04 Å². The quantitative estimate of drug-likeness (QED) is 0.206. The summed E-state index contributed by atoms with van der Waals surface area (Å²) in [7, 11) is 0. The molecule has 1 aromatic carbocycles. The molecular formula is C30H47N3O4. The summed E-state index contributed by atoms with van der Waals surface area (Å²) in [5, 5.41) is 15.1. The van der Waals surface area contributed by atoms with Gasteiger partial charge in [-0.25, -0.2) is 5.48 Å². The summed E-state index contributed by atoms with van der Waals surface area (Å²) < 4.78 is 0.